The molecule has 1 amide bonds. The Morgan fingerprint density at radius 2 is 2.12 bits per heavy atom. The van der Waals surface area contributed by atoms with Crippen molar-refractivity contribution >= 4 is 5.91 Å². The average Bonchev–Trinajstić information content (AvgIpc) is 3.26. The van der Waals surface area contributed by atoms with E-state index in [0.717, 1.165) is 30.6 Å². The predicted octanol–water partition coefficient (Wildman–Crippen LogP) is 1.91. The van der Waals surface area contributed by atoms with Crippen LogP contribution in [-0.2, 0) is 6.42 Å². The second-order valence-corrected chi connectivity index (χ2v) is 6.50. The molecule has 0 saturated heterocycles. The van der Waals surface area contributed by atoms with Crippen LogP contribution in [0.4, 0.5) is 0 Å². The van der Waals surface area contributed by atoms with Crippen LogP contribution < -0.4 is 5.32 Å². The summed E-state index contributed by atoms with van der Waals surface area (Å²) in [5.74, 6) is 0.270. The van der Waals surface area contributed by atoms with Gasteiger partial charge in [0.1, 0.15) is 12.0 Å². The molecule has 1 N–H and O–H groups in total. The highest BCUT2D eigenvalue weighted by atomic mass is 16.3. The minimum atomic E-state index is -0.190. The van der Waals surface area contributed by atoms with Crippen LogP contribution in [0.25, 0.3) is 5.69 Å². The SMILES string of the molecule is CC1(NC(=O)c2coc(Cc3ccc(-n4nccn4)cn3)n2)CCC1. The largest absolute Gasteiger partial charge is 0.448 e. The molecule has 1 saturated carbocycles. The number of aromatic nitrogens is 5. The molecule has 0 unspecified atom stereocenters. The lowest BCUT2D eigenvalue weighted by Gasteiger charge is -2.38. The fourth-order valence-corrected chi connectivity index (χ4v) is 2.81. The zero-order valence-electron chi connectivity index (χ0n) is 13.8. The third-order valence-electron chi connectivity index (χ3n) is 4.45. The minimum Gasteiger partial charge on any atom is -0.448 e. The first-order chi connectivity index (χ1) is 12.1. The number of carbonyl (C=O) groups excluding carboxylic acids is 1. The summed E-state index contributed by atoms with van der Waals surface area (Å²) in [7, 11) is 0. The number of nitrogens with one attached hydrogen (secondary N) is 1. The first-order valence-corrected chi connectivity index (χ1v) is 8.20. The Kier molecular flexibility index (Phi) is 3.79. The number of carbonyl (C=O) groups is 1. The van der Waals surface area contributed by atoms with Gasteiger partial charge in [-0.3, -0.25) is 9.78 Å². The molecule has 4 rings (SSSR count). The molecular formula is C17H18N6O2. The molecular weight excluding hydrogens is 320 g/mol. The summed E-state index contributed by atoms with van der Waals surface area (Å²) >= 11 is 0. The molecule has 3 aromatic heterocycles. The Morgan fingerprint density at radius 3 is 2.76 bits per heavy atom. The highest BCUT2D eigenvalue weighted by Gasteiger charge is 2.34. The summed E-state index contributed by atoms with van der Waals surface area (Å²) in [6.45, 7) is 2.05. The van der Waals surface area contributed by atoms with Gasteiger partial charge in [-0.05, 0) is 38.3 Å². The maximum atomic E-state index is 12.2. The van der Waals surface area contributed by atoms with Gasteiger partial charge in [-0.25, -0.2) is 4.98 Å². The third-order valence-corrected chi connectivity index (χ3v) is 4.45. The first-order valence-electron chi connectivity index (χ1n) is 8.20. The second-order valence-electron chi connectivity index (χ2n) is 6.50. The zero-order chi connectivity index (χ0) is 17.3. The Balaban J connectivity index is 1.41. The zero-order valence-corrected chi connectivity index (χ0v) is 13.8. The maximum Gasteiger partial charge on any atom is 0.273 e. The van der Waals surface area contributed by atoms with Gasteiger partial charge in [-0.1, -0.05) is 0 Å². The van der Waals surface area contributed by atoms with Gasteiger partial charge in [0.05, 0.1) is 25.0 Å². The summed E-state index contributed by atoms with van der Waals surface area (Å²) in [4.78, 5) is 22.4. The molecule has 128 valence electrons. The molecule has 0 spiro atoms. The van der Waals surface area contributed by atoms with Gasteiger partial charge in [0.25, 0.3) is 5.91 Å². The van der Waals surface area contributed by atoms with Crippen molar-refractivity contribution < 1.29 is 9.21 Å². The Hall–Kier alpha value is -3.03. The van der Waals surface area contributed by atoms with Gasteiger partial charge in [-0.2, -0.15) is 15.0 Å². The van der Waals surface area contributed by atoms with Crippen LogP contribution in [-0.4, -0.2) is 36.4 Å². The summed E-state index contributed by atoms with van der Waals surface area (Å²) in [6, 6.07) is 3.73. The molecule has 1 fully saturated rings. The first kappa shape index (κ1) is 15.5. The molecule has 0 atom stereocenters. The van der Waals surface area contributed by atoms with Gasteiger partial charge in [0.15, 0.2) is 5.69 Å². The normalized spacial score (nSPS) is 15.6. The van der Waals surface area contributed by atoms with Crippen molar-refractivity contribution in [3.63, 3.8) is 0 Å². The van der Waals surface area contributed by atoms with Gasteiger partial charge < -0.3 is 9.73 Å². The lowest BCUT2D eigenvalue weighted by molar-refractivity contribution is 0.0845. The highest BCUT2D eigenvalue weighted by molar-refractivity contribution is 5.92. The predicted molar refractivity (Wildman–Crippen MR) is 88.2 cm³/mol. The van der Waals surface area contributed by atoms with Crippen LogP contribution in [0.15, 0.2) is 41.4 Å². The highest BCUT2D eigenvalue weighted by Crippen LogP contribution is 2.31. The lowest BCUT2D eigenvalue weighted by atomic mass is 9.78. The summed E-state index contributed by atoms with van der Waals surface area (Å²) in [5.41, 5.74) is 1.76. The fourth-order valence-electron chi connectivity index (χ4n) is 2.81. The monoisotopic (exact) mass is 338 g/mol. The third kappa shape index (κ3) is 3.28. The Morgan fingerprint density at radius 1 is 1.32 bits per heavy atom. The van der Waals surface area contributed by atoms with E-state index in [2.05, 4.69) is 32.4 Å². The molecule has 8 nitrogen and oxygen atoms in total. The summed E-state index contributed by atoms with van der Waals surface area (Å²) in [5, 5.41) is 11.1. The number of rotatable bonds is 5. The van der Waals surface area contributed by atoms with Crippen LogP contribution in [0.3, 0.4) is 0 Å². The maximum absolute atomic E-state index is 12.2. The van der Waals surface area contributed by atoms with Crippen molar-refractivity contribution in [1.82, 2.24) is 30.3 Å². The van der Waals surface area contributed by atoms with Crippen molar-refractivity contribution in [3.8, 4) is 5.69 Å². The van der Waals surface area contributed by atoms with E-state index in [1.54, 1.807) is 18.6 Å². The van der Waals surface area contributed by atoms with Crippen molar-refractivity contribution in [1.29, 1.82) is 0 Å². The number of oxazole rings is 1. The van der Waals surface area contributed by atoms with Crippen molar-refractivity contribution in [3.05, 3.63) is 54.3 Å². The fraction of sp³-hybridized carbons (Fsp3) is 0.353. The van der Waals surface area contributed by atoms with Gasteiger partial charge in [0.2, 0.25) is 5.89 Å². The Labute approximate surface area is 144 Å². The smallest absolute Gasteiger partial charge is 0.273 e. The molecule has 1 aliphatic rings. The standard InChI is InChI=1S/C17H18N6O2/c1-17(5-2-6-17)22-16(24)14-11-25-15(21-14)9-12-3-4-13(10-18-12)23-19-7-8-20-23/h3-4,7-8,10-11H,2,5-6,9H2,1H3,(H,22,24). The molecule has 3 heterocycles. The van der Waals surface area contributed by atoms with Crippen molar-refractivity contribution in [2.75, 3.05) is 0 Å². The molecule has 25 heavy (non-hydrogen) atoms. The van der Waals surface area contributed by atoms with Crippen LogP contribution >= 0.6 is 0 Å². The molecule has 0 aromatic carbocycles. The number of nitrogens with zero attached hydrogens (tertiary/aromatic N) is 5. The van der Waals surface area contributed by atoms with E-state index in [0.29, 0.717) is 18.0 Å². The average molecular weight is 338 g/mol. The molecule has 0 radical (unpaired) electrons. The van der Waals surface area contributed by atoms with Gasteiger partial charge in [0, 0.05) is 11.2 Å². The van der Waals surface area contributed by atoms with Crippen LogP contribution in [0.5, 0.6) is 0 Å². The molecule has 8 heteroatoms. The summed E-state index contributed by atoms with van der Waals surface area (Å²) < 4.78 is 5.42. The number of amides is 1. The van der Waals surface area contributed by atoms with E-state index in [4.69, 9.17) is 4.42 Å². The summed E-state index contributed by atoms with van der Waals surface area (Å²) in [6.07, 6.45) is 9.87. The quantitative estimate of drug-likeness (QED) is 0.763. The lowest BCUT2D eigenvalue weighted by Crippen LogP contribution is -2.51. The van der Waals surface area contributed by atoms with E-state index in [1.807, 2.05) is 12.1 Å². The van der Waals surface area contributed by atoms with E-state index in [1.165, 1.54) is 11.1 Å². The van der Waals surface area contributed by atoms with E-state index >= 15 is 0 Å². The Bertz CT molecular complexity index is 865. The van der Waals surface area contributed by atoms with E-state index < -0.39 is 0 Å². The van der Waals surface area contributed by atoms with Crippen LogP contribution in [0.1, 0.15) is 48.3 Å². The number of hydrogen-bond donors (Lipinski definition) is 1. The molecule has 3 aromatic rings. The number of hydrogen-bond acceptors (Lipinski definition) is 6. The molecule has 0 aliphatic heterocycles. The van der Waals surface area contributed by atoms with Crippen LogP contribution in [0.2, 0.25) is 0 Å². The van der Waals surface area contributed by atoms with E-state index in [9.17, 15) is 4.79 Å². The van der Waals surface area contributed by atoms with Crippen molar-refractivity contribution in [2.45, 2.75) is 38.1 Å². The molecule has 1 aliphatic carbocycles. The molecule has 0 bridgehead atoms. The van der Waals surface area contributed by atoms with Crippen LogP contribution in [0, 0.1) is 0 Å². The number of pyridine rings is 1. The van der Waals surface area contributed by atoms with E-state index in [-0.39, 0.29) is 11.4 Å². The van der Waals surface area contributed by atoms with Crippen molar-refractivity contribution in [2.24, 2.45) is 0 Å². The van der Waals surface area contributed by atoms with Gasteiger partial charge in [-0.15, -0.1) is 0 Å². The second kappa shape index (κ2) is 6.12. The van der Waals surface area contributed by atoms with Gasteiger partial charge >= 0.3 is 0 Å². The minimum absolute atomic E-state index is 0.103. The topological polar surface area (TPSA) is 98.7 Å².